The molecule has 2 heterocycles. The molecule has 0 bridgehead atoms. The van der Waals surface area contributed by atoms with Crippen LogP contribution in [0.4, 0.5) is 4.39 Å². The van der Waals surface area contributed by atoms with Crippen molar-refractivity contribution in [3.8, 4) is 0 Å². The maximum absolute atomic E-state index is 14.5. The second-order valence-corrected chi connectivity index (χ2v) is 9.09. The van der Waals surface area contributed by atoms with Crippen LogP contribution >= 0.6 is 22.9 Å². The number of benzene rings is 2. The summed E-state index contributed by atoms with van der Waals surface area (Å²) in [6, 6.07) is 16.5. The highest BCUT2D eigenvalue weighted by Crippen LogP contribution is 2.35. The standard InChI is InChI=1S/C25H23ClFN3O3S/c1-33-13-12-29(25(32)17-7-2-4-9-19(17)26)16-24(31)30-22(23-11-6-14-34-23)15-21(28-30)18-8-3-5-10-20(18)27/h2-11,14,22H,12-13,15-16H2,1H3. The quantitative estimate of drug-likeness (QED) is 0.438. The van der Waals surface area contributed by atoms with E-state index in [0.717, 1.165) is 4.88 Å². The topological polar surface area (TPSA) is 62.2 Å². The Balaban J connectivity index is 1.62. The molecule has 0 aliphatic carbocycles. The monoisotopic (exact) mass is 499 g/mol. The summed E-state index contributed by atoms with van der Waals surface area (Å²) in [6.45, 7) is 0.235. The highest BCUT2D eigenvalue weighted by atomic mass is 35.5. The van der Waals surface area contributed by atoms with Gasteiger partial charge < -0.3 is 9.64 Å². The third kappa shape index (κ3) is 5.19. The lowest BCUT2D eigenvalue weighted by atomic mass is 10.0. The van der Waals surface area contributed by atoms with Crippen molar-refractivity contribution in [2.75, 3.05) is 26.8 Å². The van der Waals surface area contributed by atoms with E-state index in [0.29, 0.717) is 28.3 Å². The van der Waals surface area contributed by atoms with E-state index >= 15 is 0 Å². The molecule has 0 saturated carbocycles. The number of carbonyl (C=O) groups excluding carboxylic acids is 2. The fourth-order valence-electron chi connectivity index (χ4n) is 3.80. The number of methoxy groups -OCH3 is 1. The van der Waals surface area contributed by atoms with Gasteiger partial charge in [-0.2, -0.15) is 5.10 Å². The van der Waals surface area contributed by atoms with Gasteiger partial charge in [0, 0.05) is 30.5 Å². The molecule has 2 aromatic carbocycles. The smallest absolute Gasteiger partial charge is 0.262 e. The maximum Gasteiger partial charge on any atom is 0.262 e. The molecule has 0 N–H and O–H groups in total. The summed E-state index contributed by atoms with van der Waals surface area (Å²) in [5.41, 5.74) is 1.16. The molecule has 1 unspecified atom stereocenters. The van der Waals surface area contributed by atoms with E-state index < -0.39 is 5.82 Å². The molecule has 1 aliphatic rings. The predicted molar refractivity (Wildman–Crippen MR) is 131 cm³/mol. The minimum absolute atomic E-state index is 0.202. The molecule has 1 atom stereocenters. The zero-order chi connectivity index (χ0) is 24.1. The van der Waals surface area contributed by atoms with Crippen LogP contribution in [0.1, 0.15) is 33.3 Å². The third-order valence-corrected chi connectivity index (χ3v) is 6.81. The number of carbonyl (C=O) groups is 2. The number of halogens is 2. The van der Waals surface area contributed by atoms with Crippen LogP contribution in [0.3, 0.4) is 0 Å². The van der Waals surface area contributed by atoms with Gasteiger partial charge in [0.2, 0.25) is 0 Å². The Kier molecular flexibility index (Phi) is 7.72. The molecule has 176 valence electrons. The summed E-state index contributed by atoms with van der Waals surface area (Å²) >= 11 is 7.72. The summed E-state index contributed by atoms with van der Waals surface area (Å²) in [4.78, 5) is 29.0. The van der Waals surface area contributed by atoms with E-state index in [9.17, 15) is 14.0 Å². The molecule has 0 spiro atoms. The van der Waals surface area contributed by atoms with E-state index in [-0.39, 0.29) is 37.6 Å². The average molecular weight is 500 g/mol. The van der Waals surface area contributed by atoms with Gasteiger partial charge in [0.25, 0.3) is 11.8 Å². The molecule has 1 aromatic heterocycles. The summed E-state index contributed by atoms with van der Waals surface area (Å²) in [6.07, 6.45) is 0.379. The van der Waals surface area contributed by atoms with E-state index in [1.807, 2.05) is 17.5 Å². The number of hydrazone groups is 1. The van der Waals surface area contributed by atoms with Crippen LogP contribution < -0.4 is 0 Å². The van der Waals surface area contributed by atoms with Gasteiger partial charge in [-0.1, -0.05) is 48.0 Å². The van der Waals surface area contributed by atoms with Crippen LogP contribution in [0.2, 0.25) is 5.02 Å². The molecule has 3 aromatic rings. The van der Waals surface area contributed by atoms with E-state index in [1.54, 1.807) is 42.5 Å². The lowest BCUT2D eigenvalue weighted by molar-refractivity contribution is -0.133. The van der Waals surface area contributed by atoms with Gasteiger partial charge in [-0.05, 0) is 29.6 Å². The zero-order valence-electron chi connectivity index (χ0n) is 18.5. The van der Waals surface area contributed by atoms with Crippen LogP contribution in [-0.4, -0.2) is 54.2 Å². The molecular weight excluding hydrogens is 477 g/mol. The Labute approximate surface area is 206 Å². The Morgan fingerprint density at radius 2 is 1.94 bits per heavy atom. The molecule has 0 radical (unpaired) electrons. The SMILES string of the molecule is COCCN(CC(=O)N1N=C(c2ccccc2F)CC1c1cccs1)C(=O)c1ccccc1Cl. The molecule has 4 rings (SSSR count). The number of nitrogens with zero attached hydrogens (tertiary/aromatic N) is 3. The molecule has 0 fully saturated rings. The van der Waals surface area contributed by atoms with Crippen molar-refractivity contribution in [1.29, 1.82) is 0 Å². The lowest BCUT2D eigenvalue weighted by Gasteiger charge is -2.26. The van der Waals surface area contributed by atoms with Crippen LogP contribution in [0, 0.1) is 5.82 Å². The maximum atomic E-state index is 14.5. The summed E-state index contributed by atoms with van der Waals surface area (Å²) in [5, 5.41) is 8.11. The van der Waals surface area contributed by atoms with Gasteiger partial charge in [0.05, 0.1) is 28.9 Å². The molecular formula is C25H23ClFN3O3S. The Morgan fingerprint density at radius 1 is 1.18 bits per heavy atom. The normalized spacial score (nSPS) is 15.3. The first kappa shape index (κ1) is 24.1. The molecule has 1 aliphatic heterocycles. The largest absolute Gasteiger partial charge is 0.383 e. The first-order chi connectivity index (χ1) is 16.5. The van der Waals surface area contributed by atoms with Crippen molar-refractivity contribution in [3.05, 3.63) is 92.9 Å². The van der Waals surface area contributed by atoms with Gasteiger partial charge >= 0.3 is 0 Å². The molecule has 0 saturated heterocycles. The summed E-state index contributed by atoms with van der Waals surface area (Å²) in [7, 11) is 1.53. The zero-order valence-corrected chi connectivity index (χ0v) is 20.1. The number of thiophene rings is 1. The van der Waals surface area contributed by atoms with Crippen molar-refractivity contribution in [2.24, 2.45) is 5.10 Å². The molecule has 6 nitrogen and oxygen atoms in total. The van der Waals surface area contributed by atoms with Crippen LogP contribution in [0.25, 0.3) is 0 Å². The second-order valence-electron chi connectivity index (χ2n) is 7.70. The van der Waals surface area contributed by atoms with Gasteiger partial charge in [-0.3, -0.25) is 9.59 Å². The van der Waals surface area contributed by atoms with E-state index in [2.05, 4.69) is 5.10 Å². The van der Waals surface area contributed by atoms with Crippen molar-refractivity contribution in [2.45, 2.75) is 12.5 Å². The minimum Gasteiger partial charge on any atom is -0.383 e. The van der Waals surface area contributed by atoms with Gasteiger partial charge in [-0.15, -0.1) is 11.3 Å². The number of rotatable bonds is 8. The van der Waals surface area contributed by atoms with Crippen molar-refractivity contribution in [3.63, 3.8) is 0 Å². The Bertz CT molecular complexity index is 1200. The van der Waals surface area contributed by atoms with Crippen LogP contribution in [0.5, 0.6) is 0 Å². The number of amides is 2. The third-order valence-electron chi connectivity index (χ3n) is 5.51. The van der Waals surface area contributed by atoms with Gasteiger partial charge in [-0.25, -0.2) is 9.40 Å². The Morgan fingerprint density at radius 3 is 2.65 bits per heavy atom. The fourth-order valence-corrected chi connectivity index (χ4v) is 4.82. The highest BCUT2D eigenvalue weighted by Gasteiger charge is 2.35. The summed E-state index contributed by atoms with van der Waals surface area (Å²) < 4.78 is 19.6. The van der Waals surface area contributed by atoms with Crippen LogP contribution in [0.15, 0.2) is 71.1 Å². The van der Waals surface area contributed by atoms with Crippen LogP contribution in [-0.2, 0) is 9.53 Å². The average Bonchev–Trinajstić information content (AvgIpc) is 3.52. The minimum atomic E-state index is -0.393. The highest BCUT2D eigenvalue weighted by molar-refractivity contribution is 7.10. The molecule has 34 heavy (non-hydrogen) atoms. The second kappa shape index (κ2) is 10.9. The van der Waals surface area contributed by atoms with Crippen molar-refractivity contribution in [1.82, 2.24) is 9.91 Å². The first-order valence-electron chi connectivity index (χ1n) is 10.7. The van der Waals surface area contributed by atoms with Crippen molar-refractivity contribution >= 4 is 40.5 Å². The lowest BCUT2D eigenvalue weighted by Crippen LogP contribution is -2.42. The predicted octanol–water partition coefficient (Wildman–Crippen LogP) is 5.01. The van der Waals surface area contributed by atoms with E-state index in [4.69, 9.17) is 16.3 Å². The Hall–Kier alpha value is -3.07. The van der Waals surface area contributed by atoms with Crippen molar-refractivity contribution < 1.29 is 18.7 Å². The first-order valence-corrected chi connectivity index (χ1v) is 12.0. The number of hydrogen-bond donors (Lipinski definition) is 0. The number of ether oxygens (including phenoxy) is 1. The molecule has 9 heteroatoms. The van der Waals surface area contributed by atoms with Gasteiger partial charge in [0.1, 0.15) is 12.4 Å². The molecule has 2 amide bonds. The fraction of sp³-hybridized carbons (Fsp3) is 0.240. The summed E-state index contributed by atoms with van der Waals surface area (Å²) in [5.74, 6) is -1.14. The number of hydrogen-bond acceptors (Lipinski definition) is 5. The van der Waals surface area contributed by atoms with E-state index in [1.165, 1.54) is 34.4 Å². The van der Waals surface area contributed by atoms with Gasteiger partial charge in [0.15, 0.2) is 0 Å².